The van der Waals surface area contributed by atoms with Crippen LogP contribution in [0.25, 0.3) is 10.6 Å². The van der Waals surface area contributed by atoms with Crippen molar-refractivity contribution < 1.29 is 0 Å². The van der Waals surface area contributed by atoms with Crippen LogP contribution in [0.5, 0.6) is 0 Å². The van der Waals surface area contributed by atoms with Gasteiger partial charge >= 0.3 is 0 Å². The highest BCUT2D eigenvalue weighted by Gasteiger charge is 2.11. The molecule has 0 bridgehead atoms. The minimum atomic E-state index is 0.513. The lowest BCUT2D eigenvalue weighted by atomic mass is 10.1. The number of nitrogens with zero attached hydrogens (tertiary/aromatic N) is 1. The predicted octanol–water partition coefficient (Wildman–Crippen LogP) is 4.24. The summed E-state index contributed by atoms with van der Waals surface area (Å²) in [5.41, 5.74) is 2.45. The highest BCUT2D eigenvalue weighted by atomic mass is 32.1. The molecular weight excluding hydrogens is 202 g/mol. The Morgan fingerprint density at radius 2 is 1.80 bits per heavy atom. The van der Waals surface area contributed by atoms with Crippen LogP contribution in [0.15, 0.2) is 30.3 Å². The molecule has 2 heteroatoms. The highest BCUT2D eigenvalue weighted by Crippen LogP contribution is 2.30. The van der Waals surface area contributed by atoms with E-state index in [1.165, 1.54) is 16.1 Å². The molecule has 0 fully saturated rings. The number of thiazole rings is 1. The van der Waals surface area contributed by atoms with Gasteiger partial charge in [-0.05, 0) is 12.8 Å². The van der Waals surface area contributed by atoms with Gasteiger partial charge in [-0.2, -0.15) is 0 Å². The Labute approximate surface area is 94.8 Å². The fourth-order valence-electron chi connectivity index (χ4n) is 1.65. The molecule has 0 unspecified atom stereocenters. The van der Waals surface area contributed by atoms with Crippen molar-refractivity contribution in [2.45, 2.75) is 26.7 Å². The van der Waals surface area contributed by atoms with E-state index in [1.807, 2.05) is 6.07 Å². The molecule has 2 rings (SSSR count). The van der Waals surface area contributed by atoms with Gasteiger partial charge in [0.15, 0.2) is 0 Å². The van der Waals surface area contributed by atoms with Gasteiger partial charge in [-0.3, -0.25) is 0 Å². The minimum Gasteiger partial charge on any atom is -0.241 e. The lowest BCUT2D eigenvalue weighted by Gasteiger charge is -1.99. The molecule has 0 atom stereocenters. The molecule has 78 valence electrons. The quantitative estimate of drug-likeness (QED) is 0.733. The van der Waals surface area contributed by atoms with Gasteiger partial charge in [0.25, 0.3) is 0 Å². The summed E-state index contributed by atoms with van der Waals surface area (Å²) in [6.45, 7) is 6.53. The van der Waals surface area contributed by atoms with Gasteiger partial charge in [-0.15, -0.1) is 11.3 Å². The lowest BCUT2D eigenvalue weighted by Crippen LogP contribution is -1.89. The first-order valence-electron chi connectivity index (χ1n) is 5.21. The molecule has 0 saturated carbocycles. The molecule has 2 aromatic rings. The van der Waals surface area contributed by atoms with Crippen LogP contribution >= 0.6 is 11.3 Å². The monoisotopic (exact) mass is 217 g/mol. The maximum absolute atomic E-state index is 4.70. The van der Waals surface area contributed by atoms with Gasteiger partial charge in [0, 0.05) is 10.4 Å². The van der Waals surface area contributed by atoms with Crippen molar-refractivity contribution in [2.75, 3.05) is 0 Å². The molecule has 15 heavy (non-hydrogen) atoms. The first-order chi connectivity index (χ1) is 7.18. The van der Waals surface area contributed by atoms with Gasteiger partial charge in [-0.1, -0.05) is 44.2 Å². The van der Waals surface area contributed by atoms with E-state index in [1.54, 1.807) is 11.3 Å². The van der Waals surface area contributed by atoms with Crippen LogP contribution in [0.4, 0.5) is 0 Å². The molecule has 1 aromatic carbocycles. The second kappa shape index (κ2) is 4.15. The zero-order valence-corrected chi connectivity index (χ0v) is 10.1. The molecule has 0 aliphatic carbocycles. The molecule has 0 radical (unpaired) electrons. The van der Waals surface area contributed by atoms with Crippen molar-refractivity contribution in [1.82, 2.24) is 4.98 Å². The maximum Gasteiger partial charge on any atom is 0.123 e. The van der Waals surface area contributed by atoms with Crippen LogP contribution in [-0.2, 0) is 0 Å². The fourth-order valence-corrected chi connectivity index (χ4v) is 2.72. The topological polar surface area (TPSA) is 12.9 Å². The van der Waals surface area contributed by atoms with E-state index >= 15 is 0 Å². The maximum atomic E-state index is 4.70. The summed E-state index contributed by atoms with van der Waals surface area (Å²) < 4.78 is 0. The Balaban J connectivity index is 2.43. The summed E-state index contributed by atoms with van der Waals surface area (Å²) >= 11 is 1.78. The average Bonchev–Trinajstić information content (AvgIpc) is 2.62. The standard InChI is InChI=1S/C13H15NS/c1-9(2)12-10(3)15-13(14-12)11-7-5-4-6-8-11/h4-9H,1-3H3. The number of aryl methyl sites for hydroxylation is 1. The average molecular weight is 217 g/mol. The number of aromatic nitrogens is 1. The van der Waals surface area contributed by atoms with Crippen LogP contribution in [-0.4, -0.2) is 4.98 Å². The highest BCUT2D eigenvalue weighted by molar-refractivity contribution is 7.15. The third kappa shape index (κ3) is 2.10. The van der Waals surface area contributed by atoms with Crippen LogP contribution in [0.3, 0.4) is 0 Å². The molecule has 0 N–H and O–H groups in total. The summed E-state index contributed by atoms with van der Waals surface area (Å²) in [7, 11) is 0. The van der Waals surface area contributed by atoms with E-state index in [0.29, 0.717) is 5.92 Å². The molecule has 1 aromatic heterocycles. The first-order valence-corrected chi connectivity index (χ1v) is 6.03. The summed E-state index contributed by atoms with van der Waals surface area (Å²) in [5.74, 6) is 0.513. The van der Waals surface area contributed by atoms with E-state index in [4.69, 9.17) is 4.98 Å². The van der Waals surface area contributed by atoms with Crippen molar-refractivity contribution in [3.63, 3.8) is 0 Å². The summed E-state index contributed by atoms with van der Waals surface area (Å²) in [4.78, 5) is 6.03. The van der Waals surface area contributed by atoms with Gasteiger partial charge in [0.05, 0.1) is 5.69 Å². The van der Waals surface area contributed by atoms with Crippen molar-refractivity contribution in [1.29, 1.82) is 0 Å². The fraction of sp³-hybridized carbons (Fsp3) is 0.308. The van der Waals surface area contributed by atoms with Gasteiger partial charge < -0.3 is 0 Å². The Hall–Kier alpha value is -1.15. The number of hydrogen-bond donors (Lipinski definition) is 0. The summed E-state index contributed by atoms with van der Waals surface area (Å²) in [5, 5.41) is 1.14. The number of rotatable bonds is 2. The lowest BCUT2D eigenvalue weighted by molar-refractivity contribution is 0.826. The number of hydrogen-bond acceptors (Lipinski definition) is 2. The molecule has 0 aliphatic heterocycles. The van der Waals surface area contributed by atoms with Crippen LogP contribution in [0.2, 0.25) is 0 Å². The van der Waals surface area contributed by atoms with E-state index in [-0.39, 0.29) is 0 Å². The molecule has 0 amide bonds. The molecule has 1 heterocycles. The van der Waals surface area contributed by atoms with Crippen molar-refractivity contribution in [3.8, 4) is 10.6 Å². The van der Waals surface area contributed by atoms with E-state index in [2.05, 4.69) is 45.0 Å². The van der Waals surface area contributed by atoms with E-state index in [0.717, 1.165) is 5.01 Å². The second-order valence-electron chi connectivity index (χ2n) is 3.98. The Morgan fingerprint density at radius 1 is 1.13 bits per heavy atom. The minimum absolute atomic E-state index is 0.513. The summed E-state index contributed by atoms with van der Waals surface area (Å²) in [6, 6.07) is 10.4. The molecule has 0 aliphatic rings. The SMILES string of the molecule is Cc1sc(-c2ccccc2)nc1C(C)C. The third-order valence-electron chi connectivity index (χ3n) is 2.40. The van der Waals surface area contributed by atoms with Crippen LogP contribution in [0, 0.1) is 6.92 Å². The van der Waals surface area contributed by atoms with Crippen molar-refractivity contribution >= 4 is 11.3 Å². The molecule has 0 spiro atoms. The van der Waals surface area contributed by atoms with Crippen molar-refractivity contribution in [2.24, 2.45) is 0 Å². The van der Waals surface area contributed by atoms with Gasteiger partial charge in [-0.25, -0.2) is 4.98 Å². The molecule has 0 saturated heterocycles. The second-order valence-corrected chi connectivity index (χ2v) is 5.18. The van der Waals surface area contributed by atoms with E-state index < -0.39 is 0 Å². The van der Waals surface area contributed by atoms with E-state index in [9.17, 15) is 0 Å². The van der Waals surface area contributed by atoms with Crippen LogP contribution in [0.1, 0.15) is 30.3 Å². The Morgan fingerprint density at radius 3 is 2.33 bits per heavy atom. The molecule has 1 nitrogen and oxygen atoms in total. The largest absolute Gasteiger partial charge is 0.241 e. The van der Waals surface area contributed by atoms with Crippen LogP contribution < -0.4 is 0 Å². The zero-order valence-electron chi connectivity index (χ0n) is 9.32. The summed E-state index contributed by atoms with van der Waals surface area (Å²) in [6.07, 6.45) is 0. The van der Waals surface area contributed by atoms with Crippen molar-refractivity contribution in [3.05, 3.63) is 40.9 Å². The zero-order chi connectivity index (χ0) is 10.8. The van der Waals surface area contributed by atoms with Gasteiger partial charge in [0.2, 0.25) is 0 Å². The van der Waals surface area contributed by atoms with Gasteiger partial charge in [0.1, 0.15) is 5.01 Å². The predicted molar refractivity (Wildman–Crippen MR) is 66.4 cm³/mol. The Bertz CT molecular complexity index is 443. The molecular formula is C13H15NS. The number of benzene rings is 1. The third-order valence-corrected chi connectivity index (χ3v) is 3.44. The Kier molecular flexibility index (Phi) is 2.87. The smallest absolute Gasteiger partial charge is 0.123 e. The first kappa shape index (κ1) is 10.4. The normalized spacial score (nSPS) is 10.9.